The zero-order valence-electron chi connectivity index (χ0n) is 13.8. The van der Waals surface area contributed by atoms with E-state index in [9.17, 15) is 20.1 Å². The van der Waals surface area contributed by atoms with Gasteiger partial charge in [0.25, 0.3) is 0 Å². The number of fused-ring (bicyclic) bond motifs is 1. The number of ketones is 1. The second-order valence-corrected chi connectivity index (χ2v) is 5.71. The quantitative estimate of drug-likeness (QED) is 0.729. The number of benzene rings is 2. The maximum absolute atomic E-state index is 12.8. The summed E-state index contributed by atoms with van der Waals surface area (Å²) in [7, 11) is 2.60. The van der Waals surface area contributed by atoms with Gasteiger partial charge in [-0.3, -0.25) is 4.79 Å². The molecule has 0 radical (unpaired) electrons. The van der Waals surface area contributed by atoms with Gasteiger partial charge in [-0.15, -0.1) is 0 Å². The molecule has 0 saturated heterocycles. The fourth-order valence-corrected chi connectivity index (χ4v) is 2.94. The lowest BCUT2D eigenvalue weighted by atomic mass is 9.88. The predicted octanol–water partition coefficient (Wildman–Crippen LogP) is 2.25. The summed E-state index contributed by atoms with van der Waals surface area (Å²) in [4.78, 5) is 12.8. The molecule has 0 amide bonds. The maximum atomic E-state index is 12.8. The molecule has 132 valence electrons. The van der Waals surface area contributed by atoms with E-state index in [2.05, 4.69) is 0 Å². The van der Waals surface area contributed by atoms with Gasteiger partial charge in [-0.05, 0) is 24.1 Å². The summed E-state index contributed by atoms with van der Waals surface area (Å²) >= 11 is 0. The first kappa shape index (κ1) is 16.8. The van der Waals surface area contributed by atoms with Gasteiger partial charge in [-0.1, -0.05) is 12.1 Å². The van der Waals surface area contributed by atoms with Crippen molar-refractivity contribution in [2.24, 2.45) is 5.92 Å². The van der Waals surface area contributed by atoms with Crippen LogP contribution in [0.3, 0.4) is 0 Å². The molecule has 0 spiro atoms. The molecular weight excluding hydrogens is 328 g/mol. The highest BCUT2D eigenvalue weighted by molar-refractivity contribution is 6.06. The number of phenols is 3. The molecule has 1 heterocycles. The molecule has 1 aliphatic heterocycles. The van der Waals surface area contributed by atoms with Gasteiger partial charge < -0.3 is 29.5 Å². The van der Waals surface area contributed by atoms with E-state index in [0.29, 0.717) is 6.42 Å². The van der Waals surface area contributed by atoms with Crippen LogP contribution in [0.25, 0.3) is 0 Å². The summed E-state index contributed by atoms with van der Waals surface area (Å²) in [5, 5.41) is 30.0. The van der Waals surface area contributed by atoms with Gasteiger partial charge in [0.2, 0.25) is 17.2 Å². The second-order valence-electron chi connectivity index (χ2n) is 5.71. The van der Waals surface area contributed by atoms with Gasteiger partial charge in [0.15, 0.2) is 17.3 Å². The van der Waals surface area contributed by atoms with E-state index in [-0.39, 0.29) is 46.7 Å². The Morgan fingerprint density at radius 1 is 1.04 bits per heavy atom. The molecule has 25 heavy (non-hydrogen) atoms. The number of carbonyl (C=O) groups excluding carboxylic acids is 1. The Kier molecular flexibility index (Phi) is 4.31. The van der Waals surface area contributed by atoms with Crippen LogP contribution in [0.5, 0.6) is 34.5 Å². The van der Waals surface area contributed by atoms with E-state index in [1.807, 2.05) is 0 Å². The first-order chi connectivity index (χ1) is 12.0. The number of Topliss-reactive ketones (excluding diaryl/α,β-unsaturated/α-hetero) is 1. The average Bonchev–Trinajstić information content (AvgIpc) is 2.61. The highest BCUT2D eigenvalue weighted by Gasteiger charge is 2.37. The number of phenolic OH excluding ortho intramolecular Hbond substituents is 3. The molecule has 7 nitrogen and oxygen atoms in total. The Balaban J connectivity index is 1.99. The first-order valence-electron chi connectivity index (χ1n) is 7.62. The maximum Gasteiger partial charge on any atom is 0.211 e. The molecule has 0 aromatic heterocycles. The third-order valence-corrected chi connectivity index (χ3v) is 4.19. The van der Waals surface area contributed by atoms with Crippen molar-refractivity contribution in [1.82, 2.24) is 0 Å². The molecular formula is C18H18O7. The van der Waals surface area contributed by atoms with E-state index in [0.717, 1.165) is 5.56 Å². The molecule has 1 unspecified atom stereocenters. The number of aromatic hydroxyl groups is 3. The zero-order chi connectivity index (χ0) is 18.1. The third-order valence-electron chi connectivity index (χ3n) is 4.19. The molecule has 3 rings (SSSR count). The summed E-state index contributed by atoms with van der Waals surface area (Å²) in [6.07, 6.45) is 0.368. The van der Waals surface area contributed by atoms with Crippen molar-refractivity contribution in [3.63, 3.8) is 0 Å². The lowest BCUT2D eigenvalue weighted by molar-refractivity contribution is 0.0818. The van der Waals surface area contributed by atoms with Gasteiger partial charge in [-0.2, -0.15) is 0 Å². The van der Waals surface area contributed by atoms with Crippen LogP contribution in [-0.2, 0) is 6.42 Å². The van der Waals surface area contributed by atoms with Gasteiger partial charge in [-0.25, -0.2) is 0 Å². The van der Waals surface area contributed by atoms with Crippen molar-refractivity contribution in [3.05, 3.63) is 35.4 Å². The smallest absolute Gasteiger partial charge is 0.211 e. The van der Waals surface area contributed by atoms with Gasteiger partial charge in [0.1, 0.15) is 11.3 Å². The Morgan fingerprint density at radius 2 is 1.64 bits per heavy atom. The monoisotopic (exact) mass is 346 g/mol. The van der Waals surface area contributed by atoms with Crippen molar-refractivity contribution in [2.45, 2.75) is 6.42 Å². The van der Waals surface area contributed by atoms with Crippen LogP contribution in [0.2, 0.25) is 0 Å². The average molecular weight is 346 g/mol. The summed E-state index contributed by atoms with van der Waals surface area (Å²) in [6.45, 7) is 0.0508. The minimum Gasteiger partial charge on any atom is -0.508 e. The number of hydrogen-bond donors (Lipinski definition) is 3. The Hall–Kier alpha value is -3.09. The fourth-order valence-electron chi connectivity index (χ4n) is 2.94. The van der Waals surface area contributed by atoms with Crippen LogP contribution in [0.15, 0.2) is 24.3 Å². The molecule has 7 heteroatoms. The van der Waals surface area contributed by atoms with Crippen LogP contribution in [0, 0.1) is 5.92 Å². The predicted molar refractivity (Wildman–Crippen MR) is 88.0 cm³/mol. The molecule has 1 atom stereocenters. The van der Waals surface area contributed by atoms with Gasteiger partial charge in [0.05, 0.1) is 26.7 Å². The number of carbonyl (C=O) groups is 1. The summed E-state index contributed by atoms with van der Waals surface area (Å²) in [6, 6.07) is 6.50. The Labute approximate surface area is 144 Å². The fraction of sp³-hybridized carbons (Fsp3) is 0.278. The van der Waals surface area contributed by atoms with Crippen LogP contribution < -0.4 is 14.2 Å². The minimum atomic E-state index is -0.541. The number of hydrogen-bond acceptors (Lipinski definition) is 7. The molecule has 2 aromatic carbocycles. The highest BCUT2D eigenvalue weighted by atomic mass is 16.5. The number of ether oxygens (including phenoxy) is 3. The van der Waals surface area contributed by atoms with E-state index < -0.39 is 11.7 Å². The second kappa shape index (κ2) is 6.43. The zero-order valence-corrected chi connectivity index (χ0v) is 13.8. The lowest BCUT2D eigenvalue weighted by Crippen LogP contribution is -2.29. The summed E-state index contributed by atoms with van der Waals surface area (Å²) in [5.41, 5.74) is 0.720. The van der Waals surface area contributed by atoms with E-state index in [4.69, 9.17) is 14.2 Å². The van der Waals surface area contributed by atoms with Gasteiger partial charge in [0, 0.05) is 0 Å². The van der Waals surface area contributed by atoms with Crippen molar-refractivity contribution >= 4 is 5.78 Å². The van der Waals surface area contributed by atoms with E-state index in [1.165, 1.54) is 26.4 Å². The van der Waals surface area contributed by atoms with Gasteiger partial charge >= 0.3 is 0 Å². The lowest BCUT2D eigenvalue weighted by Gasteiger charge is -2.27. The van der Waals surface area contributed by atoms with Crippen molar-refractivity contribution in [3.8, 4) is 34.5 Å². The normalized spacial score (nSPS) is 16.1. The largest absolute Gasteiger partial charge is 0.508 e. The van der Waals surface area contributed by atoms with E-state index in [1.54, 1.807) is 12.1 Å². The first-order valence-corrected chi connectivity index (χ1v) is 7.62. The molecule has 0 bridgehead atoms. The molecule has 1 aliphatic rings. The van der Waals surface area contributed by atoms with Crippen LogP contribution >= 0.6 is 0 Å². The molecule has 0 aliphatic carbocycles. The number of methoxy groups -OCH3 is 2. The topological polar surface area (TPSA) is 105 Å². The SMILES string of the molecule is COc1c(O)c2c(c(O)c1OC)C(=O)C(Cc1ccc(O)cc1)CO2. The Morgan fingerprint density at radius 3 is 2.24 bits per heavy atom. The molecule has 3 N–H and O–H groups in total. The van der Waals surface area contributed by atoms with Crippen molar-refractivity contribution < 1.29 is 34.3 Å². The third kappa shape index (κ3) is 2.77. The van der Waals surface area contributed by atoms with Crippen LogP contribution in [-0.4, -0.2) is 41.9 Å². The summed E-state index contributed by atoms with van der Waals surface area (Å²) < 4.78 is 15.6. The van der Waals surface area contributed by atoms with Crippen LogP contribution in [0.1, 0.15) is 15.9 Å². The standard InChI is InChI=1S/C18H18O7/c1-23-17-14(21)12-13(20)10(7-9-3-5-11(19)6-4-9)8-25-16(12)15(22)18(17)24-2/h3-6,10,19,21-22H,7-8H2,1-2H3. The Bertz CT molecular complexity index is 811. The highest BCUT2D eigenvalue weighted by Crippen LogP contribution is 2.54. The molecule has 2 aromatic rings. The molecule has 0 fully saturated rings. The summed E-state index contributed by atoms with van der Waals surface area (Å²) in [5.74, 6) is -1.90. The number of rotatable bonds is 4. The van der Waals surface area contributed by atoms with E-state index >= 15 is 0 Å². The van der Waals surface area contributed by atoms with Crippen LogP contribution in [0.4, 0.5) is 0 Å². The van der Waals surface area contributed by atoms with Crippen molar-refractivity contribution in [1.29, 1.82) is 0 Å². The molecule has 0 saturated carbocycles. The minimum absolute atomic E-state index is 0.0508. The van der Waals surface area contributed by atoms with Crippen molar-refractivity contribution in [2.75, 3.05) is 20.8 Å².